The molecule has 1 N–H and O–H groups in total. The standard InChI is InChI=1S/C15H13ClN2O3/c1-8-12-9(2)18(7-10-5-3-4-6-11(10)16)17-14(12)21-13(8)15(19)20/h3-6H,7H2,1-2H3,(H,19,20). The molecule has 0 radical (unpaired) electrons. The molecule has 0 fully saturated rings. The maximum atomic E-state index is 11.1. The van der Waals surface area contributed by atoms with Crippen molar-refractivity contribution in [2.75, 3.05) is 0 Å². The van der Waals surface area contributed by atoms with Gasteiger partial charge >= 0.3 is 5.97 Å². The highest BCUT2D eigenvalue weighted by atomic mass is 35.5. The average Bonchev–Trinajstić information content (AvgIpc) is 2.91. The van der Waals surface area contributed by atoms with E-state index in [-0.39, 0.29) is 5.76 Å². The molecule has 2 heterocycles. The molecular formula is C15H13ClN2O3. The summed E-state index contributed by atoms with van der Waals surface area (Å²) >= 11 is 6.15. The van der Waals surface area contributed by atoms with Gasteiger partial charge in [-0.1, -0.05) is 29.8 Å². The van der Waals surface area contributed by atoms with Crippen molar-refractivity contribution < 1.29 is 14.3 Å². The Kier molecular flexibility index (Phi) is 3.22. The first-order chi connectivity index (χ1) is 9.99. The molecule has 3 aromatic rings. The number of halogens is 1. The predicted molar refractivity (Wildman–Crippen MR) is 79.0 cm³/mol. The summed E-state index contributed by atoms with van der Waals surface area (Å²) in [6.45, 7) is 4.13. The van der Waals surface area contributed by atoms with E-state index in [1.165, 1.54) is 0 Å². The van der Waals surface area contributed by atoms with Crippen LogP contribution in [0.2, 0.25) is 5.02 Å². The van der Waals surface area contributed by atoms with Gasteiger partial charge in [0.1, 0.15) is 0 Å². The van der Waals surface area contributed by atoms with Gasteiger partial charge in [-0.25, -0.2) is 4.79 Å². The third kappa shape index (κ3) is 2.19. The number of nitrogens with zero attached hydrogens (tertiary/aromatic N) is 2. The molecule has 0 aliphatic rings. The van der Waals surface area contributed by atoms with Crippen LogP contribution < -0.4 is 0 Å². The Morgan fingerprint density at radius 3 is 2.71 bits per heavy atom. The molecule has 0 bridgehead atoms. The molecule has 0 amide bonds. The van der Waals surface area contributed by atoms with E-state index in [2.05, 4.69) is 5.10 Å². The van der Waals surface area contributed by atoms with Gasteiger partial charge < -0.3 is 9.52 Å². The van der Waals surface area contributed by atoms with Crippen LogP contribution in [0.25, 0.3) is 11.1 Å². The number of aromatic nitrogens is 2. The fourth-order valence-corrected chi connectivity index (χ4v) is 2.65. The molecule has 5 nitrogen and oxygen atoms in total. The van der Waals surface area contributed by atoms with E-state index in [1.807, 2.05) is 31.2 Å². The highest BCUT2D eigenvalue weighted by molar-refractivity contribution is 6.31. The molecule has 1 aromatic carbocycles. The second-order valence-corrected chi connectivity index (χ2v) is 5.28. The van der Waals surface area contributed by atoms with Gasteiger partial charge in [-0.3, -0.25) is 4.68 Å². The van der Waals surface area contributed by atoms with Crippen LogP contribution in [0.15, 0.2) is 28.7 Å². The fraction of sp³-hybridized carbons (Fsp3) is 0.200. The minimum atomic E-state index is -1.08. The number of aryl methyl sites for hydroxylation is 2. The minimum Gasteiger partial charge on any atom is -0.475 e. The van der Waals surface area contributed by atoms with Gasteiger partial charge in [-0.05, 0) is 25.5 Å². The van der Waals surface area contributed by atoms with E-state index < -0.39 is 5.97 Å². The number of aromatic carboxylic acids is 1. The van der Waals surface area contributed by atoms with E-state index in [0.717, 1.165) is 16.6 Å². The SMILES string of the molecule is Cc1c(C(=O)O)oc2nn(Cc3ccccc3Cl)c(C)c12. The molecule has 2 aromatic heterocycles. The van der Waals surface area contributed by atoms with Gasteiger partial charge in [0.25, 0.3) is 0 Å². The topological polar surface area (TPSA) is 68.3 Å². The molecule has 0 saturated heterocycles. The quantitative estimate of drug-likeness (QED) is 0.802. The predicted octanol–water partition coefficient (Wildman–Crippen LogP) is 3.65. The fourth-order valence-electron chi connectivity index (χ4n) is 2.45. The molecule has 0 atom stereocenters. The van der Waals surface area contributed by atoms with E-state index in [1.54, 1.807) is 11.6 Å². The summed E-state index contributed by atoms with van der Waals surface area (Å²) in [6, 6.07) is 7.54. The monoisotopic (exact) mass is 304 g/mol. The largest absolute Gasteiger partial charge is 0.475 e. The first-order valence-electron chi connectivity index (χ1n) is 6.42. The molecule has 0 saturated carbocycles. The summed E-state index contributed by atoms with van der Waals surface area (Å²) in [5.74, 6) is -1.14. The maximum absolute atomic E-state index is 11.1. The van der Waals surface area contributed by atoms with Crippen molar-refractivity contribution >= 4 is 28.7 Å². The molecule has 0 unspecified atom stereocenters. The van der Waals surface area contributed by atoms with Crippen molar-refractivity contribution in [2.24, 2.45) is 0 Å². The number of rotatable bonds is 3. The zero-order valence-corrected chi connectivity index (χ0v) is 12.3. The number of benzene rings is 1. The number of hydrogen-bond acceptors (Lipinski definition) is 3. The van der Waals surface area contributed by atoms with Gasteiger partial charge in [0.05, 0.1) is 11.9 Å². The van der Waals surface area contributed by atoms with Crippen molar-refractivity contribution in [1.82, 2.24) is 9.78 Å². The third-order valence-electron chi connectivity index (χ3n) is 3.56. The molecular weight excluding hydrogens is 292 g/mol. The van der Waals surface area contributed by atoms with E-state index in [9.17, 15) is 4.79 Å². The van der Waals surface area contributed by atoms with Gasteiger partial charge in [-0.15, -0.1) is 5.10 Å². The van der Waals surface area contributed by atoms with E-state index in [0.29, 0.717) is 22.8 Å². The molecule has 0 aliphatic heterocycles. The minimum absolute atomic E-state index is 0.0551. The Morgan fingerprint density at radius 2 is 2.10 bits per heavy atom. The lowest BCUT2D eigenvalue weighted by Crippen LogP contribution is -2.05. The number of hydrogen-bond donors (Lipinski definition) is 1. The number of carboxylic acids is 1. The van der Waals surface area contributed by atoms with Crippen LogP contribution in [0, 0.1) is 13.8 Å². The number of furan rings is 1. The molecule has 108 valence electrons. The maximum Gasteiger partial charge on any atom is 0.372 e. The molecule has 3 rings (SSSR count). The Hall–Kier alpha value is -2.27. The van der Waals surface area contributed by atoms with Crippen molar-refractivity contribution in [1.29, 1.82) is 0 Å². The average molecular weight is 305 g/mol. The van der Waals surface area contributed by atoms with Crippen molar-refractivity contribution in [3.63, 3.8) is 0 Å². The lowest BCUT2D eigenvalue weighted by Gasteiger charge is -2.06. The van der Waals surface area contributed by atoms with Crippen LogP contribution in [-0.2, 0) is 6.54 Å². The van der Waals surface area contributed by atoms with Gasteiger partial charge in [0.2, 0.25) is 11.5 Å². The van der Waals surface area contributed by atoms with Crippen LogP contribution >= 0.6 is 11.6 Å². The third-order valence-corrected chi connectivity index (χ3v) is 3.93. The normalized spacial score (nSPS) is 11.2. The first kappa shape index (κ1) is 13.7. The second-order valence-electron chi connectivity index (χ2n) is 4.88. The lowest BCUT2D eigenvalue weighted by molar-refractivity contribution is 0.0663. The summed E-state index contributed by atoms with van der Waals surface area (Å²) in [5, 5.41) is 14.8. The smallest absolute Gasteiger partial charge is 0.372 e. The Labute approximate surface area is 125 Å². The van der Waals surface area contributed by atoms with E-state index in [4.69, 9.17) is 21.1 Å². The molecule has 6 heteroatoms. The summed E-state index contributed by atoms with van der Waals surface area (Å²) in [5.41, 5.74) is 2.75. The lowest BCUT2D eigenvalue weighted by atomic mass is 10.1. The van der Waals surface area contributed by atoms with Crippen LogP contribution in [-0.4, -0.2) is 20.9 Å². The number of carbonyl (C=O) groups is 1. The van der Waals surface area contributed by atoms with Crippen LogP contribution in [0.4, 0.5) is 0 Å². The second kappa shape index (κ2) is 4.93. The zero-order valence-electron chi connectivity index (χ0n) is 11.6. The Morgan fingerprint density at radius 1 is 1.38 bits per heavy atom. The van der Waals surface area contributed by atoms with Gasteiger partial charge in [-0.2, -0.15) is 0 Å². The number of carboxylic acid groups (broad SMARTS) is 1. The highest BCUT2D eigenvalue weighted by Crippen LogP contribution is 2.28. The summed E-state index contributed by atoms with van der Waals surface area (Å²) in [6.07, 6.45) is 0. The highest BCUT2D eigenvalue weighted by Gasteiger charge is 2.22. The van der Waals surface area contributed by atoms with Crippen molar-refractivity contribution in [2.45, 2.75) is 20.4 Å². The zero-order chi connectivity index (χ0) is 15.1. The van der Waals surface area contributed by atoms with Crippen LogP contribution in [0.1, 0.15) is 27.4 Å². The summed E-state index contributed by atoms with van der Waals surface area (Å²) < 4.78 is 7.10. The Balaban J connectivity index is 2.07. The van der Waals surface area contributed by atoms with Crippen LogP contribution in [0.5, 0.6) is 0 Å². The Bertz CT molecular complexity index is 848. The summed E-state index contributed by atoms with van der Waals surface area (Å²) in [4.78, 5) is 11.1. The van der Waals surface area contributed by atoms with Crippen LogP contribution in [0.3, 0.4) is 0 Å². The first-order valence-corrected chi connectivity index (χ1v) is 6.80. The van der Waals surface area contributed by atoms with Gasteiger partial charge in [0.15, 0.2) is 0 Å². The molecule has 0 aliphatic carbocycles. The van der Waals surface area contributed by atoms with Crippen molar-refractivity contribution in [3.05, 3.63) is 51.9 Å². The molecule has 21 heavy (non-hydrogen) atoms. The molecule has 0 spiro atoms. The summed E-state index contributed by atoms with van der Waals surface area (Å²) in [7, 11) is 0. The van der Waals surface area contributed by atoms with E-state index >= 15 is 0 Å². The van der Waals surface area contributed by atoms with Crippen molar-refractivity contribution in [3.8, 4) is 0 Å². The number of fused-ring (bicyclic) bond motifs is 1. The van der Waals surface area contributed by atoms with Gasteiger partial charge in [0, 0.05) is 16.3 Å².